The average Bonchev–Trinajstić information content (AvgIpc) is 2.33. The van der Waals surface area contributed by atoms with E-state index in [4.69, 9.17) is 0 Å². The van der Waals surface area contributed by atoms with E-state index >= 15 is 0 Å². The molecule has 0 bridgehead atoms. The van der Waals surface area contributed by atoms with Crippen LogP contribution in [0, 0.1) is 0 Å². The molecule has 0 aromatic heterocycles. The van der Waals surface area contributed by atoms with Crippen molar-refractivity contribution < 1.29 is 9.59 Å². The molecule has 0 spiro atoms. The minimum atomic E-state index is -0.0402. The first-order valence-corrected chi connectivity index (χ1v) is 6.34. The van der Waals surface area contributed by atoms with Gasteiger partial charge in [-0.25, -0.2) is 0 Å². The molecule has 2 amide bonds. The molecule has 100 valence electrons. The third kappa shape index (κ3) is 7.74. The molecule has 0 aliphatic carbocycles. The largest absolute Gasteiger partial charge is 0.356 e. The van der Waals surface area contributed by atoms with Crippen LogP contribution in [-0.4, -0.2) is 49.9 Å². The Balaban J connectivity index is 3.65. The lowest BCUT2D eigenvalue weighted by atomic mass is 10.2. The van der Waals surface area contributed by atoms with Crippen LogP contribution >= 0.6 is 0 Å². The maximum atomic E-state index is 11.6. The van der Waals surface area contributed by atoms with E-state index < -0.39 is 0 Å². The lowest BCUT2D eigenvalue weighted by Crippen LogP contribution is -2.32. The second-order valence-electron chi connectivity index (χ2n) is 3.87. The minimum Gasteiger partial charge on any atom is -0.356 e. The van der Waals surface area contributed by atoms with Crippen molar-refractivity contribution in [2.24, 2.45) is 0 Å². The predicted octanol–water partition coefficient (Wildman–Crippen LogP) is 0.361. The Morgan fingerprint density at radius 2 is 1.71 bits per heavy atom. The first-order valence-electron chi connectivity index (χ1n) is 6.34. The Kier molecular flexibility index (Phi) is 9.43. The van der Waals surface area contributed by atoms with Crippen LogP contribution < -0.4 is 10.6 Å². The number of nitrogens with one attached hydrogen (secondary N) is 2. The van der Waals surface area contributed by atoms with E-state index in [0.29, 0.717) is 26.1 Å². The van der Waals surface area contributed by atoms with Crippen molar-refractivity contribution in [3.05, 3.63) is 0 Å². The number of nitrogens with zero attached hydrogens (tertiary/aromatic N) is 1. The summed E-state index contributed by atoms with van der Waals surface area (Å²) in [6.07, 6.45) is 1.50. The number of carbonyl (C=O) groups excluding carboxylic acids is 2. The summed E-state index contributed by atoms with van der Waals surface area (Å²) in [7, 11) is 1.88. The molecular weight excluding hydrogens is 218 g/mol. The van der Waals surface area contributed by atoms with Gasteiger partial charge in [-0.3, -0.25) is 9.59 Å². The number of rotatable bonds is 9. The van der Waals surface area contributed by atoms with Gasteiger partial charge < -0.3 is 15.5 Å². The lowest BCUT2D eigenvalue weighted by molar-refractivity contribution is -0.133. The van der Waals surface area contributed by atoms with E-state index in [1.165, 1.54) is 0 Å². The molecule has 0 atom stereocenters. The van der Waals surface area contributed by atoms with Crippen LogP contribution in [-0.2, 0) is 9.59 Å². The summed E-state index contributed by atoms with van der Waals surface area (Å²) in [5.74, 6) is 0.0157. The van der Waals surface area contributed by atoms with Crippen molar-refractivity contribution in [1.29, 1.82) is 0 Å². The van der Waals surface area contributed by atoms with Gasteiger partial charge in [0.15, 0.2) is 0 Å². The molecule has 0 heterocycles. The van der Waals surface area contributed by atoms with Crippen LogP contribution in [0.5, 0.6) is 0 Å². The summed E-state index contributed by atoms with van der Waals surface area (Å²) in [6, 6.07) is 0. The first kappa shape index (κ1) is 15.9. The van der Waals surface area contributed by atoms with Gasteiger partial charge in [0.1, 0.15) is 0 Å². The van der Waals surface area contributed by atoms with Gasteiger partial charge in [-0.15, -0.1) is 0 Å². The summed E-state index contributed by atoms with van der Waals surface area (Å²) in [5, 5.41) is 5.81. The highest BCUT2D eigenvalue weighted by molar-refractivity contribution is 5.83. The first-order chi connectivity index (χ1) is 8.15. The zero-order valence-electron chi connectivity index (χ0n) is 11.2. The second kappa shape index (κ2) is 10.1. The molecule has 0 rings (SSSR count). The van der Waals surface area contributed by atoms with E-state index in [1.54, 1.807) is 4.90 Å². The van der Waals surface area contributed by atoms with Crippen LogP contribution in [0.3, 0.4) is 0 Å². The van der Waals surface area contributed by atoms with Crippen molar-refractivity contribution in [3.63, 3.8) is 0 Å². The van der Waals surface area contributed by atoms with E-state index in [1.807, 2.05) is 20.9 Å². The second-order valence-corrected chi connectivity index (χ2v) is 3.87. The average molecular weight is 243 g/mol. The van der Waals surface area contributed by atoms with Crippen molar-refractivity contribution in [1.82, 2.24) is 15.5 Å². The van der Waals surface area contributed by atoms with Crippen LogP contribution in [0.25, 0.3) is 0 Å². The van der Waals surface area contributed by atoms with Gasteiger partial charge in [-0.2, -0.15) is 0 Å². The fourth-order valence-electron chi connectivity index (χ4n) is 1.54. The molecular formula is C12H25N3O2. The summed E-state index contributed by atoms with van der Waals surface area (Å²) in [6.45, 7) is 6.86. The molecule has 0 aromatic carbocycles. The molecule has 17 heavy (non-hydrogen) atoms. The minimum absolute atomic E-state index is 0.0402. The zero-order valence-corrected chi connectivity index (χ0v) is 11.2. The number of amides is 2. The molecule has 0 aromatic rings. The third-order valence-electron chi connectivity index (χ3n) is 2.61. The van der Waals surface area contributed by atoms with Crippen LogP contribution in [0.2, 0.25) is 0 Å². The van der Waals surface area contributed by atoms with Crippen molar-refractivity contribution in [2.45, 2.75) is 33.1 Å². The zero-order chi connectivity index (χ0) is 13.1. The Labute approximate surface area is 104 Å². The molecule has 0 radical (unpaired) electrons. The molecule has 2 N–H and O–H groups in total. The van der Waals surface area contributed by atoms with Crippen LogP contribution in [0.15, 0.2) is 0 Å². The maximum Gasteiger partial charge on any atom is 0.223 e. The van der Waals surface area contributed by atoms with Gasteiger partial charge in [0.25, 0.3) is 0 Å². The molecule has 0 aliphatic rings. The highest BCUT2D eigenvalue weighted by Gasteiger charge is 2.11. The predicted molar refractivity (Wildman–Crippen MR) is 68.7 cm³/mol. The fraction of sp³-hybridized carbons (Fsp3) is 0.833. The monoisotopic (exact) mass is 243 g/mol. The van der Waals surface area contributed by atoms with Crippen molar-refractivity contribution in [3.8, 4) is 0 Å². The van der Waals surface area contributed by atoms with Gasteiger partial charge in [-0.05, 0) is 33.9 Å². The smallest absolute Gasteiger partial charge is 0.223 e. The highest BCUT2D eigenvalue weighted by Crippen LogP contribution is 1.97. The number of hydrogen-bond donors (Lipinski definition) is 2. The summed E-state index contributed by atoms with van der Waals surface area (Å²) in [5.41, 5.74) is 0. The molecule has 0 saturated carbocycles. The summed E-state index contributed by atoms with van der Waals surface area (Å²) in [4.78, 5) is 24.8. The van der Waals surface area contributed by atoms with Crippen molar-refractivity contribution >= 4 is 11.8 Å². The van der Waals surface area contributed by atoms with E-state index in [9.17, 15) is 9.59 Å². The van der Waals surface area contributed by atoms with Gasteiger partial charge in [-0.1, -0.05) is 0 Å². The van der Waals surface area contributed by atoms with Gasteiger partial charge in [0.2, 0.25) is 11.8 Å². The van der Waals surface area contributed by atoms with E-state index in [-0.39, 0.29) is 18.2 Å². The standard InChI is InChI=1S/C12H25N3O2/c1-4-15(5-2)12(17)8-7-11(16)14-10-6-9-13-3/h13H,4-10H2,1-3H3,(H,14,16). The lowest BCUT2D eigenvalue weighted by Gasteiger charge is -2.18. The Morgan fingerprint density at radius 1 is 1.06 bits per heavy atom. The molecule has 0 saturated heterocycles. The molecule has 0 fully saturated rings. The molecule has 0 aliphatic heterocycles. The van der Waals surface area contributed by atoms with Gasteiger partial charge in [0.05, 0.1) is 0 Å². The number of hydrogen-bond acceptors (Lipinski definition) is 3. The fourth-order valence-corrected chi connectivity index (χ4v) is 1.54. The molecule has 5 nitrogen and oxygen atoms in total. The van der Waals surface area contributed by atoms with Crippen LogP contribution in [0.1, 0.15) is 33.1 Å². The van der Waals surface area contributed by atoms with Crippen LogP contribution in [0.4, 0.5) is 0 Å². The van der Waals surface area contributed by atoms with Crippen molar-refractivity contribution in [2.75, 3.05) is 33.2 Å². The third-order valence-corrected chi connectivity index (χ3v) is 2.61. The number of carbonyl (C=O) groups is 2. The maximum absolute atomic E-state index is 11.6. The topological polar surface area (TPSA) is 61.4 Å². The van der Waals surface area contributed by atoms with Gasteiger partial charge in [0, 0.05) is 32.5 Å². The normalized spacial score (nSPS) is 10.1. The summed E-state index contributed by atoms with van der Waals surface area (Å²) >= 11 is 0. The Bertz CT molecular complexity index is 228. The molecule has 5 heteroatoms. The van der Waals surface area contributed by atoms with Gasteiger partial charge >= 0.3 is 0 Å². The van der Waals surface area contributed by atoms with E-state index in [2.05, 4.69) is 10.6 Å². The summed E-state index contributed by atoms with van der Waals surface area (Å²) < 4.78 is 0. The quantitative estimate of drug-likeness (QED) is 0.575. The Hall–Kier alpha value is -1.10. The highest BCUT2D eigenvalue weighted by atomic mass is 16.2. The Morgan fingerprint density at radius 3 is 2.24 bits per heavy atom. The van der Waals surface area contributed by atoms with E-state index in [0.717, 1.165) is 13.0 Å². The SMILES string of the molecule is CCN(CC)C(=O)CCC(=O)NCCCNC. The molecule has 0 unspecified atom stereocenters.